The highest BCUT2D eigenvalue weighted by Crippen LogP contribution is 2.27. The first kappa shape index (κ1) is 29.4. The summed E-state index contributed by atoms with van der Waals surface area (Å²) in [5.74, 6) is 1.07. The molecule has 1 aliphatic carbocycles. The molecule has 0 radical (unpaired) electrons. The van der Waals surface area contributed by atoms with Gasteiger partial charge in [-0.05, 0) is 36.1 Å². The molecule has 0 amide bonds. The van der Waals surface area contributed by atoms with Crippen molar-refractivity contribution in [2.45, 2.75) is 32.6 Å². The molecule has 2 aliphatic rings. The van der Waals surface area contributed by atoms with Crippen LogP contribution in [-0.4, -0.2) is 37.9 Å². The first-order valence-corrected chi connectivity index (χ1v) is 14.0. The molecule has 1 fully saturated rings. The van der Waals surface area contributed by atoms with Gasteiger partial charge in [-0.2, -0.15) is 0 Å². The van der Waals surface area contributed by atoms with E-state index in [1.54, 1.807) is 11.3 Å². The van der Waals surface area contributed by atoms with Crippen LogP contribution in [0.15, 0.2) is 88.8 Å². The molecule has 4 nitrogen and oxygen atoms in total. The van der Waals surface area contributed by atoms with Crippen LogP contribution in [0.1, 0.15) is 48.6 Å². The lowest BCUT2D eigenvalue weighted by Gasteiger charge is -2.15. The van der Waals surface area contributed by atoms with E-state index in [0.29, 0.717) is 0 Å². The summed E-state index contributed by atoms with van der Waals surface area (Å²) in [6.45, 7) is 15.5. The molecule has 1 aromatic carbocycles. The number of halogens is 1. The van der Waals surface area contributed by atoms with Gasteiger partial charge in [-0.15, -0.1) is 11.3 Å². The molecule has 1 aromatic heterocycles. The minimum Gasteiger partial charge on any atom is -0.389 e. The van der Waals surface area contributed by atoms with Crippen molar-refractivity contribution >= 4 is 50.6 Å². The van der Waals surface area contributed by atoms with E-state index in [0.717, 1.165) is 56.5 Å². The van der Waals surface area contributed by atoms with Gasteiger partial charge in [0.25, 0.3) is 0 Å². The number of nitrogens with zero attached hydrogens (tertiary/aromatic N) is 2. The molecule has 0 atom stereocenters. The Morgan fingerprint density at radius 3 is 2.25 bits per heavy atom. The number of thiophene rings is 1. The Morgan fingerprint density at radius 2 is 1.75 bits per heavy atom. The summed E-state index contributed by atoms with van der Waals surface area (Å²) in [5, 5.41) is 8.32. The minimum absolute atomic E-state index is 0.879. The van der Waals surface area contributed by atoms with Gasteiger partial charge in [-0.3, -0.25) is 4.99 Å². The Hall–Kier alpha value is -2.83. The van der Waals surface area contributed by atoms with Crippen molar-refractivity contribution < 1.29 is 0 Å². The average Bonchev–Trinajstić information content (AvgIpc) is 3.49. The van der Waals surface area contributed by atoms with Crippen LogP contribution in [0.25, 0.3) is 11.8 Å². The Bertz CT molecular complexity index is 1080. The summed E-state index contributed by atoms with van der Waals surface area (Å²) in [5.41, 5.74) is 5.06. The number of rotatable bonds is 8. The summed E-state index contributed by atoms with van der Waals surface area (Å²) in [6.07, 6.45) is 13.7. The number of hydrogen-bond donors (Lipinski definition) is 2. The second-order valence-corrected chi connectivity index (χ2v) is 10.3. The summed E-state index contributed by atoms with van der Waals surface area (Å²) in [6, 6.07) is 10.4. The lowest BCUT2D eigenvalue weighted by atomic mass is 10.0. The quantitative estimate of drug-likeness (QED) is 0.315. The van der Waals surface area contributed by atoms with E-state index in [4.69, 9.17) is 0 Å². The topological polar surface area (TPSA) is 39.7 Å². The van der Waals surface area contributed by atoms with Crippen LogP contribution in [0.2, 0.25) is 0 Å². The van der Waals surface area contributed by atoms with E-state index >= 15 is 0 Å². The van der Waals surface area contributed by atoms with Crippen molar-refractivity contribution in [3.63, 3.8) is 0 Å². The number of likely N-dealkylation sites (N-methyl/N-ethyl adjacent to an activating group) is 2. The molecule has 36 heavy (non-hydrogen) atoms. The second kappa shape index (κ2) is 16.0. The Labute approximate surface area is 230 Å². The first-order valence-electron chi connectivity index (χ1n) is 12.3. The molecule has 2 aromatic rings. The summed E-state index contributed by atoms with van der Waals surface area (Å²) in [7, 11) is 3.92. The van der Waals surface area contributed by atoms with Crippen molar-refractivity contribution in [1.82, 2.24) is 10.2 Å². The first-order chi connectivity index (χ1) is 17.4. The maximum Gasteiger partial charge on any atom is 0.130 e. The third kappa shape index (κ3) is 9.67. The molecule has 1 saturated carbocycles. The fourth-order valence-corrected chi connectivity index (χ4v) is 3.92. The average molecular weight is 568 g/mol. The van der Waals surface area contributed by atoms with Crippen LogP contribution in [0.5, 0.6) is 0 Å². The van der Waals surface area contributed by atoms with Crippen LogP contribution in [0.3, 0.4) is 0 Å². The number of aliphatic imine (C=N–C) groups is 1. The number of anilines is 1. The zero-order chi connectivity index (χ0) is 26.3. The highest BCUT2D eigenvalue weighted by molar-refractivity contribution is 9.11. The standard InChI is InChI=1S/C18H19N3S.C8H12BrN.C4H8/c1-4-17-16(9-12-22-17)20-13(2)14-5-7-15(8-6-14)18-19-10-11-21(18)3;1-4-8(9)6-5-7(2)10-3;1-2-4-3-1/h4-9,12,20H,1-2,10-11H2,3H3;4-6,10H,2H2,1,3H3;1-4H2/b;6-5-,8-4+;. The molecule has 0 saturated heterocycles. The normalized spacial score (nSPS) is 14.5. The second-order valence-electron chi connectivity index (χ2n) is 8.41. The van der Waals surface area contributed by atoms with E-state index in [1.807, 2.05) is 49.7 Å². The maximum atomic E-state index is 4.54. The van der Waals surface area contributed by atoms with E-state index in [-0.39, 0.29) is 0 Å². The lowest BCUT2D eigenvalue weighted by Crippen LogP contribution is -2.23. The molecule has 1 aliphatic heterocycles. The van der Waals surface area contributed by atoms with Gasteiger partial charge in [0.1, 0.15) is 5.84 Å². The monoisotopic (exact) mass is 566 g/mol. The zero-order valence-electron chi connectivity index (χ0n) is 21.8. The van der Waals surface area contributed by atoms with Gasteiger partial charge in [0.05, 0.1) is 12.2 Å². The SMILES string of the molecule is C1CCC1.C=C(/C=C\C(Br)=C/C)NC.C=Cc1sccc1NC(=C)c1ccc(C2=NCCN2C)cc1. The molecule has 2 N–H and O–H groups in total. The molecule has 4 rings (SSSR count). The highest BCUT2D eigenvalue weighted by atomic mass is 79.9. The number of nitrogens with one attached hydrogen (secondary N) is 2. The van der Waals surface area contributed by atoms with E-state index < -0.39 is 0 Å². The van der Waals surface area contributed by atoms with Crippen molar-refractivity contribution in [3.05, 3.63) is 99.9 Å². The van der Waals surface area contributed by atoms with Crippen LogP contribution in [0.4, 0.5) is 5.69 Å². The summed E-state index contributed by atoms with van der Waals surface area (Å²) >= 11 is 5.00. The maximum absolute atomic E-state index is 4.54. The van der Waals surface area contributed by atoms with E-state index in [2.05, 4.69) is 87.5 Å². The van der Waals surface area contributed by atoms with Gasteiger partial charge in [-0.25, -0.2) is 0 Å². The van der Waals surface area contributed by atoms with Crippen LogP contribution >= 0.6 is 27.3 Å². The van der Waals surface area contributed by atoms with Crippen LogP contribution < -0.4 is 10.6 Å². The molecule has 192 valence electrons. The van der Waals surface area contributed by atoms with Gasteiger partial charge in [0, 0.05) is 47.0 Å². The zero-order valence-corrected chi connectivity index (χ0v) is 24.2. The fourth-order valence-electron chi connectivity index (χ4n) is 3.09. The van der Waals surface area contributed by atoms with Gasteiger partial charge in [0.2, 0.25) is 0 Å². The van der Waals surface area contributed by atoms with E-state index in [1.165, 1.54) is 25.7 Å². The van der Waals surface area contributed by atoms with Crippen molar-refractivity contribution in [3.8, 4) is 0 Å². The number of benzene rings is 1. The predicted molar refractivity (Wildman–Crippen MR) is 166 cm³/mol. The number of hydrogen-bond acceptors (Lipinski definition) is 5. The van der Waals surface area contributed by atoms with Gasteiger partial charge in [-0.1, -0.05) is 97.8 Å². The predicted octanol–water partition coefficient (Wildman–Crippen LogP) is 8.30. The van der Waals surface area contributed by atoms with Crippen LogP contribution in [-0.2, 0) is 0 Å². The Kier molecular flexibility index (Phi) is 13.1. The van der Waals surface area contributed by atoms with Gasteiger partial charge >= 0.3 is 0 Å². The molecular formula is C30H39BrN4S. The molecule has 2 heterocycles. The summed E-state index contributed by atoms with van der Waals surface area (Å²) < 4.78 is 1.06. The van der Waals surface area contributed by atoms with Gasteiger partial charge in [0.15, 0.2) is 0 Å². The smallest absolute Gasteiger partial charge is 0.130 e. The third-order valence-electron chi connectivity index (χ3n) is 5.76. The molecule has 0 spiro atoms. The Morgan fingerprint density at radius 1 is 1.08 bits per heavy atom. The third-order valence-corrected chi connectivity index (χ3v) is 7.39. The highest BCUT2D eigenvalue weighted by Gasteiger charge is 2.14. The summed E-state index contributed by atoms with van der Waals surface area (Å²) in [4.78, 5) is 7.85. The fraction of sp³-hybridized carbons (Fsp3) is 0.300. The van der Waals surface area contributed by atoms with Crippen molar-refractivity contribution in [1.29, 1.82) is 0 Å². The Balaban J connectivity index is 0.000000270. The number of amidine groups is 1. The molecule has 0 unspecified atom stereocenters. The molecule has 0 bridgehead atoms. The molecular weight excluding hydrogens is 528 g/mol. The van der Waals surface area contributed by atoms with Crippen molar-refractivity contribution in [2.24, 2.45) is 4.99 Å². The van der Waals surface area contributed by atoms with Crippen molar-refractivity contribution in [2.75, 3.05) is 32.5 Å². The molecule has 6 heteroatoms. The van der Waals surface area contributed by atoms with Gasteiger partial charge < -0.3 is 15.5 Å². The largest absolute Gasteiger partial charge is 0.389 e. The number of allylic oxidation sites excluding steroid dienone is 4. The van der Waals surface area contributed by atoms with Crippen LogP contribution in [0, 0.1) is 0 Å². The minimum atomic E-state index is 0.879. The lowest BCUT2D eigenvalue weighted by molar-refractivity contribution is 0.504. The van der Waals surface area contributed by atoms with E-state index in [9.17, 15) is 0 Å².